The second-order valence-corrected chi connectivity index (χ2v) is 8.56. The van der Waals surface area contributed by atoms with E-state index in [4.69, 9.17) is 5.14 Å². The summed E-state index contributed by atoms with van der Waals surface area (Å²) < 4.78 is 25.4. The summed E-state index contributed by atoms with van der Waals surface area (Å²) in [4.78, 5) is 12.8. The Kier molecular flexibility index (Phi) is 8.35. The molecule has 0 unspecified atom stereocenters. The fourth-order valence-electron chi connectivity index (χ4n) is 3.22. The van der Waals surface area contributed by atoms with E-state index in [2.05, 4.69) is 16.1 Å². The van der Waals surface area contributed by atoms with E-state index in [9.17, 15) is 13.2 Å². The van der Waals surface area contributed by atoms with Crippen LogP contribution in [0.3, 0.4) is 0 Å². The molecule has 0 aliphatic rings. The first kappa shape index (κ1) is 24.5. The molecule has 1 amide bonds. The zero-order valence-corrected chi connectivity index (χ0v) is 18.8. The lowest BCUT2D eigenvalue weighted by atomic mass is 10.1. The molecule has 2 aromatic carbocycles. The first-order valence-corrected chi connectivity index (χ1v) is 11.2. The zero-order valence-electron chi connectivity index (χ0n) is 17.2. The van der Waals surface area contributed by atoms with E-state index >= 15 is 0 Å². The third kappa shape index (κ3) is 6.14. The first-order chi connectivity index (χ1) is 14.3. The Morgan fingerprint density at radius 2 is 1.81 bits per heavy atom. The lowest BCUT2D eigenvalue weighted by Gasteiger charge is -2.10. The number of halogens is 1. The van der Waals surface area contributed by atoms with Gasteiger partial charge >= 0.3 is 0 Å². The van der Waals surface area contributed by atoms with Crippen LogP contribution in [-0.4, -0.2) is 30.7 Å². The van der Waals surface area contributed by atoms with Gasteiger partial charge < -0.3 is 23.5 Å². The van der Waals surface area contributed by atoms with Gasteiger partial charge in [0.05, 0.1) is 17.1 Å². The number of carbonyl (C=O) groups excluding carboxylic acids is 1. The number of nitrogens with zero attached hydrogens (tertiary/aromatic N) is 2. The summed E-state index contributed by atoms with van der Waals surface area (Å²) in [6.45, 7) is 3.37. The van der Waals surface area contributed by atoms with Gasteiger partial charge in [0.15, 0.2) is 0 Å². The van der Waals surface area contributed by atoms with Crippen LogP contribution in [0.5, 0.6) is 0 Å². The number of rotatable bonds is 8. The number of hydrogen-bond acceptors (Lipinski definition) is 4. The Hall–Kier alpha value is -2.72. The van der Waals surface area contributed by atoms with Crippen molar-refractivity contribution in [1.29, 1.82) is 0 Å². The Balaban J connectivity index is 0.00000341. The van der Waals surface area contributed by atoms with Crippen molar-refractivity contribution in [2.45, 2.75) is 31.2 Å². The summed E-state index contributed by atoms with van der Waals surface area (Å²) in [6.07, 6.45) is 1.88. The molecule has 8 nitrogen and oxygen atoms in total. The van der Waals surface area contributed by atoms with E-state index in [1.54, 1.807) is 53.2 Å². The number of aryl methyl sites for hydroxylation is 2. The molecular weight excluding hydrogens is 438 g/mol. The SMILES string of the molecule is Cc1cc(C(=O)Nc2ccc(-c3ccccc3S(N)(=O)=O)cc2)n(CCCC[NH3+])n1.[Cl-]. The fourth-order valence-corrected chi connectivity index (χ4v) is 3.98. The summed E-state index contributed by atoms with van der Waals surface area (Å²) in [7, 11) is -3.84. The lowest BCUT2D eigenvalue weighted by Crippen LogP contribution is -3.00. The van der Waals surface area contributed by atoms with Crippen LogP contribution in [0.15, 0.2) is 59.5 Å². The number of nitrogens with one attached hydrogen (secondary N) is 1. The van der Waals surface area contributed by atoms with Gasteiger partial charge in [-0.1, -0.05) is 30.3 Å². The van der Waals surface area contributed by atoms with E-state index in [1.807, 2.05) is 6.92 Å². The zero-order chi connectivity index (χ0) is 21.7. The summed E-state index contributed by atoms with van der Waals surface area (Å²) >= 11 is 0. The summed E-state index contributed by atoms with van der Waals surface area (Å²) in [6, 6.07) is 15.2. The van der Waals surface area contributed by atoms with Gasteiger partial charge in [-0.3, -0.25) is 9.48 Å². The molecule has 3 aromatic rings. The van der Waals surface area contributed by atoms with Gasteiger partial charge in [-0.25, -0.2) is 13.6 Å². The van der Waals surface area contributed by atoms with Crippen molar-refractivity contribution in [3.63, 3.8) is 0 Å². The third-order valence-electron chi connectivity index (χ3n) is 4.65. The van der Waals surface area contributed by atoms with Crippen LogP contribution in [0.25, 0.3) is 11.1 Å². The maximum atomic E-state index is 12.7. The van der Waals surface area contributed by atoms with E-state index < -0.39 is 10.0 Å². The highest BCUT2D eigenvalue weighted by Crippen LogP contribution is 2.27. The highest BCUT2D eigenvalue weighted by molar-refractivity contribution is 7.89. The number of benzene rings is 2. The van der Waals surface area contributed by atoms with Crippen molar-refractivity contribution in [3.8, 4) is 11.1 Å². The molecule has 3 rings (SSSR count). The molecule has 166 valence electrons. The molecule has 6 N–H and O–H groups in total. The van der Waals surface area contributed by atoms with Crippen LogP contribution >= 0.6 is 0 Å². The molecule has 31 heavy (non-hydrogen) atoms. The van der Waals surface area contributed by atoms with Gasteiger partial charge in [0.25, 0.3) is 5.91 Å². The third-order valence-corrected chi connectivity index (χ3v) is 5.62. The Morgan fingerprint density at radius 1 is 1.13 bits per heavy atom. The number of nitrogens with two attached hydrogens (primary N) is 1. The monoisotopic (exact) mass is 463 g/mol. The van der Waals surface area contributed by atoms with Crippen molar-refractivity contribution in [3.05, 3.63) is 66.0 Å². The number of amides is 1. The molecule has 0 spiro atoms. The predicted molar refractivity (Wildman–Crippen MR) is 115 cm³/mol. The molecule has 0 atom stereocenters. The van der Waals surface area contributed by atoms with Gasteiger partial charge in [0.2, 0.25) is 10.0 Å². The number of carbonyl (C=O) groups is 1. The predicted octanol–water partition coefficient (Wildman–Crippen LogP) is -1.22. The Morgan fingerprint density at radius 3 is 2.45 bits per heavy atom. The van der Waals surface area contributed by atoms with Crippen molar-refractivity contribution < 1.29 is 31.4 Å². The van der Waals surface area contributed by atoms with Crippen LogP contribution in [-0.2, 0) is 16.6 Å². The van der Waals surface area contributed by atoms with Gasteiger partial charge in [0, 0.05) is 17.8 Å². The minimum absolute atomic E-state index is 0. The number of sulfonamides is 1. The second-order valence-electron chi connectivity index (χ2n) is 7.03. The van der Waals surface area contributed by atoms with Gasteiger partial charge in [-0.2, -0.15) is 5.10 Å². The molecule has 0 bridgehead atoms. The quantitative estimate of drug-likeness (QED) is 0.361. The smallest absolute Gasteiger partial charge is 0.273 e. The van der Waals surface area contributed by atoms with Gasteiger partial charge in [-0.15, -0.1) is 0 Å². The molecule has 0 saturated carbocycles. The van der Waals surface area contributed by atoms with Gasteiger partial charge in [-0.05, 0) is 49.6 Å². The van der Waals surface area contributed by atoms with Gasteiger partial charge in [0.1, 0.15) is 5.69 Å². The maximum Gasteiger partial charge on any atom is 0.273 e. The van der Waals surface area contributed by atoms with Crippen molar-refractivity contribution in [1.82, 2.24) is 9.78 Å². The van der Waals surface area contributed by atoms with E-state index in [0.29, 0.717) is 29.1 Å². The van der Waals surface area contributed by atoms with Crippen LogP contribution < -0.4 is 28.6 Å². The number of aromatic nitrogens is 2. The van der Waals surface area contributed by atoms with E-state index in [0.717, 1.165) is 25.1 Å². The molecule has 0 aliphatic heterocycles. The number of hydrogen-bond donors (Lipinski definition) is 3. The summed E-state index contributed by atoms with van der Waals surface area (Å²) in [5.74, 6) is -0.247. The average molecular weight is 464 g/mol. The lowest BCUT2D eigenvalue weighted by molar-refractivity contribution is -0.368. The minimum atomic E-state index is -3.84. The standard InChI is InChI=1S/C21H25N5O3S.ClH/c1-15-14-19(26(25-15)13-5-4-12-22)21(27)24-17-10-8-16(9-11-17)18-6-2-3-7-20(18)30(23,28)29;/h2-3,6-11,14H,4-5,12-13,22H2,1H3,(H,24,27)(H2,23,28,29);1H. The number of unbranched alkanes of at least 4 members (excludes halogenated alkanes) is 1. The first-order valence-electron chi connectivity index (χ1n) is 9.67. The number of primary sulfonamides is 1. The summed E-state index contributed by atoms with van der Waals surface area (Å²) in [5.41, 5.74) is 6.91. The Bertz CT molecular complexity index is 1140. The normalized spacial score (nSPS) is 11.1. The van der Waals surface area contributed by atoms with Crippen LogP contribution in [0.1, 0.15) is 29.0 Å². The number of anilines is 1. The van der Waals surface area contributed by atoms with Crippen molar-refractivity contribution in [2.24, 2.45) is 5.14 Å². The van der Waals surface area contributed by atoms with Crippen LogP contribution in [0.2, 0.25) is 0 Å². The van der Waals surface area contributed by atoms with E-state index in [1.165, 1.54) is 6.07 Å². The minimum Gasteiger partial charge on any atom is -1.00 e. The van der Waals surface area contributed by atoms with Crippen LogP contribution in [0.4, 0.5) is 5.69 Å². The number of quaternary nitrogens is 1. The van der Waals surface area contributed by atoms with Crippen LogP contribution in [0, 0.1) is 6.92 Å². The largest absolute Gasteiger partial charge is 1.00 e. The molecule has 0 fully saturated rings. The molecule has 0 saturated heterocycles. The molecular formula is C21H26ClN5O3S. The average Bonchev–Trinajstić information content (AvgIpc) is 3.09. The molecule has 0 aliphatic carbocycles. The molecule has 0 radical (unpaired) electrons. The van der Waals surface area contributed by atoms with E-state index in [-0.39, 0.29) is 23.2 Å². The Labute approximate surface area is 188 Å². The molecule has 1 heterocycles. The fraction of sp³-hybridized carbons (Fsp3) is 0.238. The summed E-state index contributed by atoms with van der Waals surface area (Å²) in [5, 5.41) is 12.6. The molecule has 1 aromatic heterocycles. The topological polar surface area (TPSA) is 135 Å². The second kappa shape index (κ2) is 10.5. The maximum absolute atomic E-state index is 12.7. The van der Waals surface area contributed by atoms with Crippen molar-refractivity contribution in [2.75, 3.05) is 11.9 Å². The highest BCUT2D eigenvalue weighted by Gasteiger charge is 2.16. The molecule has 10 heteroatoms. The van der Waals surface area contributed by atoms with Crippen molar-refractivity contribution >= 4 is 21.6 Å². The highest BCUT2D eigenvalue weighted by atomic mass is 35.5.